The highest BCUT2D eigenvalue weighted by Gasteiger charge is 2.37. The Hall–Kier alpha value is -1.37. The molecule has 5 nitrogen and oxygen atoms in total. The van der Waals surface area contributed by atoms with Crippen LogP contribution in [0.1, 0.15) is 60.5 Å². The quantitative estimate of drug-likeness (QED) is 0.789. The van der Waals surface area contributed by atoms with Crippen molar-refractivity contribution in [2.45, 2.75) is 45.4 Å². The molecule has 3 aliphatic rings. The van der Waals surface area contributed by atoms with Gasteiger partial charge in [-0.3, -0.25) is 13.9 Å². The highest BCUT2D eigenvalue weighted by molar-refractivity contribution is 8.23. The van der Waals surface area contributed by atoms with Crippen LogP contribution in [0.15, 0.2) is 22.6 Å². The maximum atomic E-state index is 12.8. The largest absolute Gasteiger partial charge is 0.357 e. The summed E-state index contributed by atoms with van der Waals surface area (Å²) in [6, 6.07) is 6.22. The Kier molecular flexibility index (Phi) is 3.98. The molecule has 0 radical (unpaired) electrons. The molecule has 2 N–H and O–H groups in total. The predicted molar refractivity (Wildman–Crippen MR) is 102 cm³/mol. The molecule has 25 heavy (non-hydrogen) atoms. The average molecular weight is 362 g/mol. The molecule has 1 saturated heterocycles. The molecule has 0 amide bonds. The third-order valence-corrected chi connectivity index (χ3v) is 7.06. The predicted octanol–water partition coefficient (Wildman–Crippen LogP) is 4.10. The standard InChI is InChI=1S/C19H26N2O3S/c1-19(2)8-7-13-5-6-14(12-16(13)17(19)22)15-4-3-9-21-10-11-25(23,24)20-18(15)21/h5-6,12,15,23-24H,3-4,7-11H2,1-2H3. The molecule has 1 aromatic rings. The molecule has 0 bridgehead atoms. The van der Waals surface area contributed by atoms with Gasteiger partial charge in [0.15, 0.2) is 5.78 Å². The summed E-state index contributed by atoms with van der Waals surface area (Å²) >= 11 is 0. The van der Waals surface area contributed by atoms with E-state index in [-0.39, 0.29) is 17.1 Å². The Morgan fingerprint density at radius 3 is 2.88 bits per heavy atom. The zero-order valence-electron chi connectivity index (χ0n) is 14.9. The fraction of sp³-hybridized carbons (Fsp3) is 0.579. The minimum Gasteiger partial charge on any atom is -0.357 e. The van der Waals surface area contributed by atoms with Crippen molar-refractivity contribution >= 4 is 22.4 Å². The van der Waals surface area contributed by atoms with E-state index in [9.17, 15) is 13.9 Å². The first-order chi connectivity index (χ1) is 11.8. The van der Waals surface area contributed by atoms with Crippen molar-refractivity contribution in [1.29, 1.82) is 0 Å². The number of amidine groups is 1. The fourth-order valence-electron chi connectivity index (χ4n) is 4.21. The smallest absolute Gasteiger partial charge is 0.168 e. The van der Waals surface area contributed by atoms with Gasteiger partial charge in [-0.05, 0) is 42.9 Å². The number of carbonyl (C=O) groups is 1. The summed E-state index contributed by atoms with van der Waals surface area (Å²) in [6.07, 6.45) is 3.82. The van der Waals surface area contributed by atoms with Crippen molar-refractivity contribution in [1.82, 2.24) is 4.90 Å². The van der Waals surface area contributed by atoms with Crippen molar-refractivity contribution < 1.29 is 13.9 Å². The monoisotopic (exact) mass is 362 g/mol. The van der Waals surface area contributed by atoms with Crippen LogP contribution in [0.5, 0.6) is 0 Å². The number of rotatable bonds is 1. The van der Waals surface area contributed by atoms with Crippen molar-refractivity contribution in [3.63, 3.8) is 0 Å². The molecule has 1 aromatic carbocycles. The highest BCUT2D eigenvalue weighted by atomic mass is 32.3. The van der Waals surface area contributed by atoms with Gasteiger partial charge in [0.1, 0.15) is 5.84 Å². The van der Waals surface area contributed by atoms with Crippen molar-refractivity contribution in [3.8, 4) is 0 Å². The van der Waals surface area contributed by atoms with Gasteiger partial charge in [-0.25, -0.2) is 0 Å². The van der Waals surface area contributed by atoms with Crippen molar-refractivity contribution in [3.05, 3.63) is 34.9 Å². The molecule has 0 spiro atoms. The Bertz CT molecular complexity index is 757. The normalized spacial score (nSPS) is 28.6. The van der Waals surface area contributed by atoms with Gasteiger partial charge in [-0.15, -0.1) is 4.40 Å². The van der Waals surface area contributed by atoms with Crippen LogP contribution >= 0.6 is 10.8 Å². The molecular weight excluding hydrogens is 336 g/mol. The molecule has 0 aromatic heterocycles. The Balaban J connectivity index is 1.74. The SMILES string of the molecule is CC1(C)CCc2ccc(C3CCCN4CCS(O)(O)N=C34)cc2C1=O. The van der Waals surface area contributed by atoms with Gasteiger partial charge < -0.3 is 4.90 Å². The first-order valence-corrected chi connectivity index (χ1v) is 10.7. The second-order valence-electron chi connectivity index (χ2n) is 8.10. The van der Waals surface area contributed by atoms with Crippen LogP contribution in [0.3, 0.4) is 0 Å². The molecule has 1 aliphatic carbocycles. The number of hydrogen-bond acceptors (Lipinski definition) is 5. The lowest BCUT2D eigenvalue weighted by Gasteiger charge is -2.44. The van der Waals surface area contributed by atoms with Crippen LogP contribution in [-0.4, -0.2) is 44.5 Å². The van der Waals surface area contributed by atoms with E-state index in [2.05, 4.69) is 21.4 Å². The van der Waals surface area contributed by atoms with Gasteiger partial charge in [0.05, 0.1) is 5.75 Å². The van der Waals surface area contributed by atoms with Crippen LogP contribution in [0, 0.1) is 5.41 Å². The van der Waals surface area contributed by atoms with E-state index in [1.54, 1.807) is 0 Å². The molecule has 1 fully saturated rings. The van der Waals surface area contributed by atoms with Crippen LogP contribution < -0.4 is 0 Å². The van der Waals surface area contributed by atoms with E-state index in [1.165, 1.54) is 0 Å². The minimum absolute atomic E-state index is 0.0448. The Morgan fingerprint density at radius 2 is 2.08 bits per heavy atom. The molecular formula is C19H26N2O3S. The minimum atomic E-state index is -2.86. The topological polar surface area (TPSA) is 73.1 Å². The van der Waals surface area contributed by atoms with Gasteiger partial charge in [-0.1, -0.05) is 36.8 Å². The van der Waals surface area contributed by atoms with E-state index in [1.807, 2.05) is 19.9 Å². The summed E-state index contributed by atoms with van der Waals surface area (Å²) in [5.74, 6) is 1.38. The van der Waals surface area contributed by atoms with Crippen LogP contribution in [0.4, 0.5) is 0 Å². The molecule has 0 saturated carbocycles. The highest BCUT2D eigenvalue weighted by Crippen LogP contribution is 2.46. The summed E-state index contributed by atoms with van der Waals surface area (Å²) in [5, 5.41) is 0. The van der Waals surface area contributed by atoms with Crippen LogP contribution in [-0.2, 0) is 6.42 Å². The summed E-state index contributed by atoms with van der Waals surface area (Å²) in [7, 11) is -2.86. The van der Waals surface area contributed by atoms with Gasteiger partial charge in [0, 0.05) is 30.0 Å². The molecule has 2 aliphatic heterocycles. The first kappa shape index (κ1) is 17.1. The number of carbonyl (C=O) groups excluding carboxylic acids is 1. The van der Waals surface area contributed by atoms with E-state index in [0.29, 0.717) is 12.3 Å². The number of hydrogen-bond donors (Lipinski definition) is 2. The number of ketones is 1. The Labute approximate surface area is 150 Å². The summed E-state index contributed by atoms with van der Waals surface area (Å²) in [6.45, 7) is 5.61. The second-order valence-corrected chi connectivity index (χ2v) is 9.95. The van der Waals surface area contributed by atoms with Crippen LogP contribution in [0.25, 0.3) is 0 Å². The third kappa shape index (κ3) is 3.00. The van der Waals surface area contributed by atoms with Crippen molar-refractivity contribution in [2.24, 2.45) is 9.81 Å². The number of Topliss-reactive ketones (excluding diaryl/α,β-unsaturated/α-hetero) is 1. The maximum absolute atomic E-state index is 12.8. The summed E-state index contributed by atoms with van der Waals surface area (Å²) in [5.41, 5.74) is 2.75. The molecule has 1 atom stereocenters. The third-order valence-electron chi connectivity index (χ3n) is 5.85. The zero-order chi connectivity index (χ0) is 17.8. The average Bonchev–Trinajstić information content (AvgIpc) is 2.57. The maximum Gasteiger partial charge on any atom is 0.168 e. The number of fused-ring (bicyclic) bond motifs is 2. The van der Waals surface area contributed by atoms with Gasteiger partial charge in [-0.2, -0.15) is 0 Å². The van der Waals surface area contributed by atoms with E-state index < -0.39 is 10.8 Å². The zero-order valence-corrected chi connectivity index (χ0v) is 15.7. The van der Waals surface area contributed by atoms with E-state index in [4.69, 9.17) is 0 Å². The second kappa shape index (κ2) is 5.83. The van der Waals surface area contributed by atoms with Crippen molar-refractivity contribution in [2.75, 3.05) is 18.8 Å². The Morgan fingerprint density at radius 1 is 1.28 bits per heavy atom. The fourth-order valence-corrected chi connectivity index (χ4v) is 5.31. The van der Waals surface area contributed by atoms with E-state index in [0.717, 1.165) is 54.8 Å². The molecule has 4 rings (SSSR count). The van der Waals surface area contributed by atoms with Gasteiger partial charge in [0.25, 0.3) is 0 Å². The summed E-state index contributed by atoms with van der Waals surface area (Å²) < 4.78 is 24.4. The number of aryl methyl sites for hydroxylation is 1. The van der Waals surface area contributed by atoms with Gasteiger partial charge in [0.2, 0.25) is 0 Å². The number of piperidine rings is 1. The number of nitrogens with zero attached hydrogens (tertiary/aromatic N) is 2. The number of benzene rings is 1. The lowest BCUT2D eigenvalue weighted by atomic mass is 9.72. The molecule has 2 heterocycles. The van der Waals surface area contributed by atoms with Gasteiger partial charge >= 0.3 is 0 Å². The first-order valence-electron chi connectivity index (χ1n) is 9.05. The molecule has 1 unspecified atom stereocenters. The van der Waals surface area contributed by atoms with E-state index >= 15 is 0 Å². The summed E-state index contributed by atoms with van der Waals surface area (Å²) in [4.78, 5) is 15.0. The molecule has 136 valence electrons. The van der Waals surface area contributed by atoms with Crippen LogP contribution in [0.2, 0.25) is 0 Å². The molecule has 6 heteroatoms. The lowest BCUT2D eigenvalue weighted by Crippen LogP contribution is -2.45. The lowest BCUT2D eigenvalue weighted by molar-refractivity contribution is 0.0811.